The largest absolute Gasteiger partial charge is 0.355 e. The Kier molecular flexibility index (Phi) is 4.65. The van der Waals surface area contributed by atoms with Gasteiger partial charge in [-0.2, -0.15) is 0 Å². The molecule has 1 fully saturated rings. The van der Waals surface area contributed by atoms with E-state index in [1.165, 1.54) is 11.3 Å². The molecule has 4 aromatic rings. The maximum atomic E-state index is 12.5. The second kappa shape index (κ2) is 7.46. The SMILES string of the molecule is O=C(c1ccccn1)N1CCC(Nc2nn3cc(-c4ccc(Cl)cc4)nc3s2)C1. The minimum atomic E-state index is -0.0311. The van der Waals surface area contributed by atoms with E-state index in [0.29, 0.717) is 23.8 Å². The molecule has 0 radical (unpaired) electrons. The zero-order chi connectivity index (χ0) is 19.8. The number of likely N-dealkylation sites (tertiary alicyclic amines) is 1. The highest BCUT2D eigenvalue weighted by Crippen LogP contribution is 2.26. The molecule has 1 aromatic carbocycles. The number of pyridine rings is 1. The highest BCUT2D eigenvalue weighted by molar-refractivity contribution is 7.20. The van der Waals surface area contributed by atoms with Crippen LogP contribution in [-0.2, 0) is 0 Å². The summed E-state index contributed by atoms with van der Waals surface area (Å²) < 4.78 is 1.78. The summed E-state index contributed by atoms with van der Waals surface area (Å²) in [5.74, 6) is -0.0311. The molecule has 0 spiro atoms. The van der Waals surface area contributed by atoms with Crippen molar-refractivity contribution in [1.29, 1.82) is 0 Å². The molecule has 1 amide bonds. The third kappa shape index (κ3) is 3.68. The van der Waals surface area contributed by atoms with E-state index in [1.807, 2.05) is 47.5 Å². The van der Waals surface area contributed by atoms with E-state index in [9.17, 15) is 4.79 Å². The van der Waals surface area contributed by atoms with Crippen molar-refractivity contribution in [1.82, 2.24) is 24.5 Å². The summed E-state index contributed by atoms with van der Waals surface area (Å²) in [6.07, 6.45) is 4.42. The number of hydrogen-bond donors (Lipinski definition) is 1. The molecule has 0 bridgehead atoms. The van der Waals surface area contributed by atoms with E-state index in [0.717, 1.165) is 27.8 Å². The fourth-order valence-corrected chi connectivity index (χ4v) is 4.39. The van der Waals surface area contributed by atoms with Gasteiger partial charge in [-0.15, -0.1) is 5.10 Å². The molecular weight excluding hydrogens is 408 g/mol. The van der Waals surface area contributed by atoms with E-state index >= 15 is 0 Å². The minimum Gasteiger partial charge on any atom is -0.355 e. The van der Waals surface area contributed by atoms with Crippen molar-refractivity contribution >= 4 is 38.9 Å². The van der Waals surface area contributed by atoms with Gasteiger partial charge in [0.2, 0.25) is 10.1 Å². The molecule has 4 heterocycles. The Labute approximate surface area is 176 Å². The van der Waals surface area contributed by atoms with Crippen LogP contribution in [0.2, 0.25) is 5.02 Å². The molecule has 0 saturated carbocycles. The summed E-state index contributed by atoms with van der Waals surface area (Å²) in [7, 11) is 0. The topological polar surface area (TPSA) is 75.4 Å². The Morgan fingerprint density at radius 3 is 2.83 bits per heavy atom. The van der Waals surface area contributed by atoms with Gasteiger partial charge >= 0.3 is 0 Å². The second-order valence-corrected chi connectivity index (χ2v) is 8.26. The van der Waals surface area contributed by atoms with Gasteiger partial charge in [-0.25, -0.2) is 9.50 Å². The van der Waals surface area contributed by atoms with Crippen molar-refractivity contribution < 1.29 is 4.79 Å². The van der Waals surface area contributed by atoms with Crippen LogP contribution in [-0.4, -0.2) is 49.5 Å². The number of nitrogens with one attached hydrogen (secondary N) is 1. The van der Waals surface area contributed by atoms with Crippen molar-refractivity contribution in [2.75, 3.05) is 18.4 Å². The highest BCUT2D eigenvalue weighted by atomic mass is 35.5. The molecule has 3 aromatic heterocycles. The van der Waals surface area contributed by atoms with E-state index in [-0.39, 0.29) is 11.9 Å². The van der Waals surface area contributed by atoms with Gasteiger partial charge in [-0.05, 0) is 30.7 Å². The number of hydrogen-bond acceptors (Lipinski definition) is 6. The average Bonchev–Trinajstić information content (AvgIpc) is 3.44. The van der Waals surface area contributed by atoms with Crippen LogP contribution in [0.15, 0.2) is 54.9 Å². The minimum absolute atomic E-state index is 0.0311. The molecule has 0 aliphatic carbocycles. The predicted molar refractivity (Wildman–Crippen MR) is 113 cm³/mol. The molecule has 1 aliphatic heterocycles. The lowest BCUT2D eigenvalue weighted by molar-refractivity contribution is 0.0786. The first-order chi connectivity index (χ1) is 14.2. The number of amides is 1. The molecule has 1 N–H and O–H groups in total. The van der Waals surface area contributed by atoms with Gasteiger partial charge in [0.05, 0.1) is 11.9 Å². The van der Waals surface area contributed by atoms with Crippen molar-refractivity contribution in [2.45, 2.75) is 12.5 Å². The van der Waals surface area contributed by atoms with Gasteiger partial charge in [0.1, 0.15) is 5.69 Å². The smallest absolute Gasteiger partial charge is 0.272 e. The molecule has 9 heteroatoms. The van der Waals surface area contributed by atoms with E-state index < -0.39 is 0 Å². The molecule has 7 nitrogen and oxygen atoms in total. The monoisotopic (exact) mass is 424 g/mol. The standard InChI is InChI=1S/C20H17ClN6OS/c21-14-6-4-13(5-7-14)17-12-27-20(24-17)29-19(25-27)23-15-8-10-26(11-15)18(28)16-3-1-2-9-22-16/h1-7,9,12,15H,8,10-11H2,(H,23,25). The fraction of sp³-hybridized carbons (Fsp3) is 0.200. The number of benzene rings is 1. The zero-order valence-corrected chi connectivity index (χ0v) is 16.9. The first kappa shape index (κ1) is 18.1. The number of rotatable bonds is 4. The number of imidazole rings is 1. The summed E-state index contributed by atoms with van der Waals surface area (Å²) in [6.45, 7) is 1.34. The van der Waals surface area contributed by atoms with E-state index in [4.69, 9.17) is 11.6 Å². The average molecular weight is 425 g/mol. The van der Waals surface area contributed by atoms with Crippen molar-refractivity contribution in [3.8, 4) is 11.3 Å². The summed E-state index contributed by atoms with van der Waals surface area (Å²) in [5.41, 5.74) is 2.34. The van der Waals surface area contributed by atoms with Crippen LogP contribution in [0.3, 0.4) is 0 Å². The number of carbonyl (C=O) groups excluding carboxylic acids is 1. The molecule has 146 valence electrons. The van der Waals surface area contributed by atoms with Crippen LogP contribution in [0.4, 0.5) is 5.13 Å². The molecular formula is C20H17ClN6OS. The van der Waals surface area contributed by atoms with Gasteiger partial charge in [0, 0.05) is 35.9 Å². The van der Waals surface area contributed by atoms with E-state index in [1.54, 1.807) is 16.8 Å². The molecule has 29 heavy (non-hydrogen) atoms. The van der Waals surface area contributed by atoms with Crippen LogP contribution < -0.4 is 5.32 Å². The highest BCUT2D eigenvalue weighted by Gasteiger charge is 2.28. The summed E-state index contributed by atoms with van der Waals surface area (Å²) in [6, 6.07) is 13.1. The predicted octanol–water partition coefficient (Wildman–Crippen LogP) is 3.83. The number of carbonyl (C=O) groups is 1. The number of anilines is 1. The fourth-order valence-electron chi connectivity index (χ4n) is 3.41. The zero-order valence-electron chi connectivity index (χ0n) is 15.3. The number of halogens is 1. The summed E-state index contributed by atoms with van der Waals surface area (Å²) in [5, 5.41) is 9.52. The van der Waals surface area contributed by atoms with Crippen molar-refractivity contribution in [3.05, 3.63) is 65.6 Å². The third-order valence-corrected chi connectivity index (χ3v) is 5.98. The van der Waals surface area contributed by atoms with Gasteiger partial charge in [0.15, 0.2) is 0 Å². The third-order valence-electron chi connectivity index (χ3n) is 4.87. The Morgan fingerprint density at radius 2 is 2.07 bits per heavy atom. The molecule has 1 aliphatic rings. The Hall–Kier alpha value is -2.97. The quantitative estimate of drug-likeness (QED) is 0.538. The second-order valence-electron chi connectivity index (χ2n) is 6.86. The number of nitrogens with zero attached hydrogens (tertiary/aromatic N) is 5. The summed E-state index contributed by atoms with van der Waals surface area (Å²) >= 11 is 7.45. The lowest BCUT2D eigenvalue weighted by Crippen LogP contribution is -2.32. The Balaban J connectivity index is 1.26. The number of aromatic nitrogens is 4. The van der Waals surface area contributed by atoms with Crippen LogP contribution >= 0.6 is 22.9 Å². The first-order valence-electron chi connectivity index (χ1n) is 9.25. The van der Waals surface area contributed by atoms with Crippen molar-refractivity contribution in [3.63, 3.8) is 0 Å². The number of fused-ring (bicyclic) bond motifs is 1. The van der Waals surface area contributed by atoms with Gasteiger partial charge in [0.25, 0.3) is 5.91 Å². The van der Waals surface area contributed by atoms with E-state index in [2.05, 4.69) is 20.4 Å². The van der Waals surface area contributed by atoms with Crippen LogP contribution in [0, 0.1) is 0 Å². The maximum Gasteiger partial charge on any atom is 0.272 e. The lowest BCUT2D eigenvalue weighted by Gasteiger charge is -2.16. The summed E-state index contributed by atoms with van der Waals surface area (Å²) in [4.78, 5) is 24.0. The molecule has 1 atom stereocenters. The van der Waals surface area contributed by atoms with Gasteiger partial charge in [-0.3, -0.25) is 9.78 Å². The lowest BCUT2D eigenvalue weighted by atomic mass is 10.2. The first-order valence-corrected chi connectivity index (χ1v) is 10.4. The van der Waals surface area contributed by atoms with Gasteiger partial charge < -0.3 is 10.2 Å². The van der Waals surface area contributed by atoms with Crippen molar-refractivity contribution in [2.24, 2.45) is 0 Å². The van der Waals surface area contributed by atoms with Crippen LogP contribution in [0.25, 0.3) is 16.2 Å². The Morgan fingerprint density at radius 1 is 1.21 bits per heavy atom. The van der Waals surface area contributed by atoms with Crippen LogP contribution in [0.1, 0.15) is 16.9 Å². The normalized spacial score (nSPS) is 16.4. The van der Waals surface area contributed by atoms with Gasteiger partial charge in [-0.1, -0.05) is 41.1 Å². The molecule has 1 unspecified atom stereocenters. The Bertz CT molecular complexity index is 1130. The molecule has 1 saturated heterocycles. The molecule has 5 rings (SSSR count). The maximum absolute atomic E-state index is 12.5. The van der Waals surface area contributed by atoms with Crippen LogP contribution in [0.5, 0.6) is 0 Å².